The maximum Gasteiger partial charge on any atom is 0.273 e. The predicted octanol–water partition coefficient (Wildman–Crippen LogP) is 5.09. The number of nitrogens with zero attached hydrogens (tertiary/aromatic N) is 2. The fraction of sp³-hybridized carbons (Fsp3) is 0.385. The molecule has 1 aliphatic rings. The van der Waals surface area contributed by atoms with E-state index < -0.39 is 0 Å². The van der Waals surface area contributed by atoms with Crippen LogP contribution in [0.3, 0.4) is 0 Å². The van der Waals surface area contributed by atoms with Crippen molar-refractivity contribution in [2.75, 3.05) is 19.6 Å². The van der Waals surface area contributed by atoms with E-state index in [1.54, 1.807) is 6.07 Å². The lowest BCUT2D eigenvalue weighted by atomic mass is 10.0. The van der Waals surface area contributed by atoms with Crippen LogP contribution in [0.15, 0.2) is 53.1 Å². The third kappa shape index (κ3) is 4.88. The molecular formula is C26H31N3O2. The van der Waals surface area contributed by atoms with Crippen LogP contribution in [0.2, 0.25) is 0 Å². The van der Waals surface area contributed by atoms with E-state index in [0.717, 1.165) is 25.1 Å². The van der Waals surface area contributed by atoms with E-state index in [1.165, 1.54) is 35.1 Å². The van der Waals surface area contributed by atoms with Crippen LogP contribution < -0.4 is 5.32 Å². The lowest BCUT2D eigenvalue weighted by Crippen LogP contribution is -2.36. The molecule has 1 saturated heterocycles. The number of carbonyl (C=O) groups excluding carboxylic acids is 1. The molecule has 5 heteroatoms. The quantitative estimate of drug-likeness (QED) is 0.582. The number of aromatic nitrogens is 1. The minimum absolute atomic E-state index is 0.170. The summed E-state index contributed by atoms with van der Waals surface area (Å²) in [6.45, 7) is 8.99. The average Bonchev–Trinajstić information content (AvgIpc) is 3.49. The van der Waals surface area contributed by atoms with Crippen molar-refractivity contribution in [3.05, 3.63) is 76.5 Å². The van der Waals surface area contributed by atoms with Gasteiger partial charge in [-0.05, 0) is 74.5 Å². The largest absolute Gasteiger partial charge is 0.355 e. The van der Waals surface area contributed by atoms with Crippen LogP contribution in [-0.4, -0.2) is 35.6 Å². The van der Waals surface area contributed by atoms with Gasteiger partial charge < -0.3 is 9.84 Å². The standard InChI is InChI=1S/C26H31N3O2/c1-4-20-8-11-21(12-9-20)24(29-13-5-6-14-29)17-27-26(30)23-16-25(31-28-23)22-10-7-18(2)19(3)15-22/h7-12,15-16,24H,4-6,13-14,17H2,1-3H3,(H,27,30). The highest BCUT2D eigenvalue weighted by Gasteiger charge is 2.25. The Morgan fingerprint density at radius 1 is 1.06 bits per heavy atom. The summed E-state index contributed by atoms with van der Waals surface area (Å²) in [5, 5.41) is 7.10. The number of rotatable bonds is 7. The van der Waals surface area contributed by atoms with Crippen LogP contribution in [0.4, 0.5) is 0 Å². The van der Waals surface area contributed by atoms with E-state index in [9.17, 15) is 4.79 Å². The van der Waals surface area contributed by atoms with E-state index in [2.05, 4.69) is 72.5 Å². The lowest BCUT2D eigenvalue weighted by Gasteiger charge is -2.28. The summed E-state index contributed by atoms with van der Waals surface area (Å²) >= 11 is 0. The number of aryl methyl sites for hydroxylation is 3. The van der Waals surface area contributed by atoms with Gasteiger partial charge in [0.05, 0.1) is 6.04 Å². The van der Waals surface area contributed by atoms with Crippen molar-refractivity contribution in [3.63, 3.8) is 0 Å². The van der Waals surface area contributed by atoms with Crippen molar-refractivity contribution in [1.29, 1.82) is 0 Å². The SMILES string of the molecule is CCc1ccc(C(CNC(=O)c2cc(-c3ccc(C)c(C)c3)on2)N2CCCC2)cc1. The molecule has 0 bridgehead atoms. The van der Waals surface area contributed by atoms with Crippen LogP contribution in [0, 0.1) is 13.8 Å². The molecule has 4 rings (SSSR count). The summed E-state index contributed by atoms with van der Waals surface area (Å²) in [4.78, 5) is 15.3. The van der Waals surface area contributed by atoms with E-state index in [-0.39, 0.29) is 11.9 Å². The van der Waals surface area contributed by atoms with Gasteiger partial charge in [-0.3, -0.25) is 9.69 Å². The Hall–Kier alpha value is -2.92. The first kappa shape index (κ1) is 21.3. The molecule has 0 spiro atoms. The minimum Gasteiger partial charge on any atom is -0.355 e. The van der Waals surface area contributed by atoms with Crippen LogP contribution in [0.5, 0.6) is 0 Å². The number of likely N-dealkylation sites (tertiary alicyclic amines) is 1. The van der Waals surface area contributed by atoms with E-state index in [0.29, 0.717) is 18.0 Å². The maximum absolute atomic E-state index is 12.8. The molecule has 0 radical (unpaired) electrons. The molecule has 1 amide bonds. The molecule has 162 valence electrons. The van der Waals surface area contributed by atoms with Gasteiger partial charge in [0.15, 0.2) is 11.5 Å². The summed E-state index contributed by atoms with van der Waals surface area (Å²) in [7, 11) is 0. The Bertz CT molecular complexity index is 1030. The molecule has 2 aromatic carbocycles. The fourth-order valence-corrected chi connectivity index (χ4v) is 4.18. The summed E-state index contributed by atoms with van der Waals surface area (Å²) < 4.78 is 5.46. The normalized spacial score (nSPS) is 15.2. The highest BCUT2D eigenvalue weighted by molar-refractivity contribution is 5.93. The van der Waals surface area contributed by atoms with Crippen LogP contribution in [-0.2, 0) is 6.42 Å². The van der Waals surface area contributed by atoms with E-state index >= 15 is 0 Å². The third-order valence-electron chi connectivity index (χ3n) is 6.34. The topological polar surface area (TPSA) is 58.4 Å². The van der Waals surface area contributed by atoms with Crippen LogP contribution in [0.25, 0.3) is 11.3 Å². The lowest BCUT2D eigenvalue weighted by molar-refractivity contribution is 0.0929. The smallest absolute Gasteiger partial charge is 0.273 e. The molecule has 1 aliphatic heterocycles. The molecule has 1 fully saturated rings. The first-order valence-corrected chi connectivity index (χ1v) is 11.2. The second kappa shape index (κ2) is 9.48. The number of amides is 1. The molecule has 3 aromatic rings. The van der Waals surface area contributed by atoms with Gasteiger partial charge in [-0.2, -0.15) is 0 Å². The Kier molecular flexibility index (Phi) is 6.52. The predicted molar refractivity (Wildman–Crippen MR) is 123 cm³/mol. The Labute approximate surface area is 184 Å². The third-order valence-corrected chi connectivity index (χ3v) is 6.34. The maximum atomic E-state index is 12.8. The second-order valence-electron chi connectivity index (χ2n) is 8.44. The molecule has 1 unspecified atom stereocenters. The molecule has 0 saturated carbocycles. The van der Waals surface area contributed by atoms with Gasteiger partial charge in [0.1, 0.15) is 0 Å². The molecule has 2 heterocycles. The zero-order valence-corrected chi connectivity index (χ0v) is 18.6. The van der Waals surface area contributed by atoms with Crippen LogP contribution >= 0.6 is 0 Å². The molecule has 1 N–H and O–H groups in total. The van der Waals surface area contributed by atoms with Crippen molar-refractivity contribution < 1.29 is 9.32 Å². The van der Waals surface area contributed by atoms with Gasteiger partial charge >= 0.3 is 0 Å². The van der Waals surface area contributed by atoms with Crippen molar-refractivity contribution in [2.24, 2.45) is 0 Å². The van der Waals surface area contributed by atoms with Crippen molar-refractivity contribution in [2.45, 2.75) is 46.1 Å². The fourth-order valence-electron chi connectivity index (χ4n) is 4.18. The van der Waals surface area contributed by atoms with E-state index in [1.807, 2.05) is 6.07 Å². The average molecular weight is 418 g/mol. The van der Waals surface area contributed by atoms with Crippen LogP contribution in [0.1, 0.15) is 58.5 Å². The Balaban J connectivity index is 1.46. The Morgan fingerprint density at radius 2 is 1.81 bits per heavy atom. The number of nitrogens with one attached hydrogen (secondary N) is 1. The zero-order chi connectivity index (χ0) is 21.8. The first-order valence-electron chi connectivity index (χ1n) is 11.2. The molecular weight excluding hydrogens is 386 g/mol. The minimum atomic E-state index is -0.201. The summed E-state index contributed by atoms with van der Waals surface area (Å²) in [6.07, 6.45) is 3.45. The van der Waals surface area contributed by atoms with Gasteiger partial charge in [0.2, 0.25) is 0 Å². The van der Waals surface area contributed by atoms with Gasteiger partial charge in [0.25, 0.3) is 5.91 Å². The summed E-state index contributed by atoms with van der Waals surface area (Å²) in [5.41, 5.74) is 6.23. The molecule has 5 nitrogen and oxygen atoms in total. The molecule has 1 atom stereocenters. The monoisotopic (exact) mass is 417 g/mol. The summed E-state index contributed by atoms with van der Waals surface area (Å²) in [5.74, 6) is 0.410. The Morgan fingerprint density at radius 3 is 2.48 bits per heavy atom. The number of benzene rings is 2. The zero-order valence-electron chi connectivity index (χ0n) is 18.6. The van der Waals surface area contributed by atoms with E-state index in [4.69, 9.17) is 4.52 Å². The van der Waals surface area contributed by atoms with Crippen molar-refractivity contribution in [1.82, 2.24) is 15.4 Å². The summed E-state index contributed by atoms with van der Waals surface area (Å²) in [6, 6.07) is 16.8. The number of hydrogen-bond acceptors (Lipinski definition) is 4. The van der Waals surface area contributed by atoms with Gasteiger partial charge in [-0.1, -0.05) is 48.5 Å². The van der Waals surface area contributed by atoms with Gasteiger partial charge in [0, 0.05) is 18.2 Å². The molecule has 31 heavy (non-hydrogen) atoms. The number of carbonyl (C=O) groups is 1. The van der Waals surface area contributed by atoms with Crippen molar-refractivity contribution >= 4 is 5.91 Å². The highest BCUT2D eigenvalue weighted by atomic mass is 16.5. The van der Waals surface area contributed by atoms with Gasteiger partial charge in [-0.15, -0.1) is 0 Å². The highest BCUT2D eigenvalue weighted by Crippen LogP contribution is 2.26. The second-order valence-corrected chi connectivity index (χ2v) is 8.44. The van der Waals surface area contributed by atoms with Gasteiger partial charge in [-0.25, -0.2) is 0 Å². The number of hydrogen-bond donors (Lipinski definition) is 1. The van der Waals surface area contributed by atoms with Crippen molar-refractivity contribution in [3.8, 4) is 11.3 Å². The molecule has 1 aromatic heterocycles. The molecule has 0 aliphatic carbocycles. The first-order chi connectivity index (χ1) is 15.0.